The average molecular weight is 281 g/mol. The Kier molecular flexibility index (Phi) is 7.04. The Morgan fingerprint density at radius 1 is 1.20 bits per heavy atom. The SMILES string of the molecule is COCCCN(CCOC)C(=O)c1cc(C)ccc1O. The molecule has 0 aliphatic rings. The number of methoxy groups -OCH3 is 2. The van der Waals surface area contributed by atoms with Crippen molar-refractivity contribution in [3.8, 4) is 5.75 Å². The van der Waals surface area contributed by atoms with Crippen LogP contribution in [0.5, 0.6) is 5.75 Å². The van der Waals surface area contributed by atoms with Crippen LogP contribution in [-0.2, 0) is 9.47 Å². The number of hydrogen-bond donors (Lipinski definition) is 1. The highest BCUT2D eigenvalue weighted by Crippen LogP contribution is 2.20. The molecule has 0 aromatic heterocycles. The standard InChI is InChI=1S/C15H23NO4/c1-12-5-6-14(17)13(11-12)15(18)16(8-10-20-3)7-4-9-19-2/h5-6,11,17H,4,7-10H2,1-3H3. The lowest BCUT2D eigenvalue weighted by Crippen LogP contribution is -2.35. The summed E-state index contributed by atoms with van der Waals surface area (Å²) in [6, 6.07) is 5.02. The van der Waals surface area contributed by atoms with Crippen molar-refractivity contribution in [1.82, 2.24) is 4.90 Å². The third-order valence-corrected chi connectivity index (χ3v) is 3.01. The van der Waals surface area contributed by atoms with Gasteiger partial charge in [0.2, 0.25) is 0 Å². The van der Waals surface area contributed by atoms with Gasteiger partial charge in [-0.15, -0.1) is 0 Å². The summed E-state index contributed by atoms with van der Waals surface area (Å²) in [5.41, 5.74) is 1.27. The van der Waals surface area contributed by atoms with Gasteiger partial charge in [-0.25, -0.2) is 0 Å². The van der Waals surface area contributed by atoms with Crippen molar-refractivity contribution in [3.05, 3.63) is 29.3 Å². The van der Waals surface area contributed by atoms with Crippen molar-refractivity contribution in [2.24, 2.45) is 0 Å². The van der Waals surface area contributed by atoms with E-state index in [0.29, 0.717) is 31.9 Å². The molecule has 0 aliphatic carbocycles. The van der Waals surface area contributed by atoms with Gasteiger partial charge < -0.3 is 19.5 Å². The smallest absolute Gasteiger partial charge is 0.257 e. The minimum atomic E-state index is -0.181. The topological polar surface area (TPSA) is 59.0 Å². The van der Waals surface area contributed by atoms with Gasteiger partial charge in [0.1, 0.15) is 5.75 Å². The van der Waals surface area contributed by atoms with Gasteiger partial charge in [-0.05, 0) is 25.5 Å². The summed E-state index contributed by atoms with van der Waals surface area (Å²) in [6.07, 6.45) is 0.749. The van der Waals surface area contributed by atoms with Crippen molar-refractivity contribution in [1.29, 1.82) is 0 Å². The van der Waals surface area contributed by atoms with Gasteiger partial charge in [0, 0.05) is 33.9 Å². The molecule has 0 saturated carbocycles. The van der Waals surface area contributed by atoms with Gasteiger partial charge >= 0.3 is 0 Å². The Balaban J connectivity index is 2.82. The highest BCUT2D eigenvalue weighted by Gasteiger charge is 2.18. The molecular weight excluding hydrogens is 258 g/mol. The molecule has 5 nitrogen and oxygen atoms in total. The number of phenolic OH excluding ortho intramolecular Hbond substituents is 1. The summed E-state index contributed by atoms with van der Waals surface area (Å²) in [5.74, 6) is -0.172. The molecule has 0 spiro atoms. The molecule has 0 saturated heterocycles. The number of carbonyl (C=O) groups is 1. The third-order valence-electron chi connectivity index (χ3n) is 3.01. The molecule has 0 aliphatic heterocycles. The number of ether oxygens (including phenoxy) is 2. The second-order valence-electron chi connectivity index (χ2n) is 4.65. The quantitative estimate of drug-likeness (QED) is 0.739. The zero-order chi connectivity index (χ0) is 15.0. The van der Waals surface area contributed by atoms with E-state index in [2.05, 4.69) is 0 Å². The molecule has 1 N–H and O–H groups in total. The first-order valence-electron chi connectivity index (χ1n) is 6.67. The molecule has 112 valence electrons. The fourth-order valence-corrected chi connectivity index (χ4v) is 1.91. The molecule has 0 fully saturated rings. The van der Waals surface area contributed by atoms with Gasteiger partial charge in [0.25, 0.3) is 5.91 Å². The first kappa shape index (κ1) is 16.5. The molecule has 0 unspecified atom stereocenters. The van der Waals surface area contributed by atoms with Crippen LogP contribution in [0.15, 0.2) is 18.2 Å². The normalized spacial score (nSPS) is 10.6. The number of rotatable bonds is 8. The third kappa shape index (κ3) is 4.83. The highest BCUT2D eigenvalue weighted by molar-refractivity contribution is 5.97. The molecular formula is C15H23NO4. The van der Waals surface area contributed by atoms with Crippen LogP contribution >= 0.6 is 0 Å². The largest absolute Gasteiger partial charge is 0.507 e. The Labute approximate surface area is 120 Å². The van der Waals surface area contributed by atoms with Crippen LogP contribution in [-0.4, -0.2) is 56.4 Å². The van der Waals surface area contributed by atoms with Gasteiger partial charge in [-0.2, -0.15) is 0 Å². The Morgan fingerprint density at radius 3 is 2.55 bits per heavy atom. The van der Waals surface area contributed by atoms with Crippen LogP contribution in [0.4, 0.5) is 0 Å². The molecule has 1 amide bonds. The summed E-state index contributed by atoms with van der Waals surface area (Å²) in [6.45, 7) is 4.01. The average Bonchev–Trinajstić information content (AvgIpc) is 2.44. The van der Waals surface area contributed by atoms with Crippen molar-refractivity contribution in [2.45, 2.75) is 13.3 Å². The molecule has 5 heteroatoms. The highest BCUT2D eigenvalue weighted by atomic mass is 16.5. The number of amides is 1. The molecule has 20 heavy (non-hydrogen) atoms. The molecule has 0 atom stereocenters. The van der Waals surface area contributed by atoms with Gasteiger partial charge in [0.15, 0.2) is 0 Å². The number of carbonyl (C=O) groups excluding carboxylic acids is 1. The van der Waals surface area contributed by atoms with Gasteiger partial charge in [0.05, 0.1) is 12.2 Å². The lowest BCUT2D eigenvalue weighted by molar-refractivity contribution is 0.0671. The number of hydrogen-bond acceptors (Lipinski definition) is 4. The predicted molar refractivity (Wildman–Crippen MR) is 77.1 cm³/mol. The van der Waals surface area contributed by atoms with E-state index < -0.39 is 0 Å². The first-order chi connectivity index (χ1) is 9.60. The monoisotopic (exact) mass is 281 g/mol. The summed E-state index contributed by atoms with van der Waals surface area (Å²) in [4.78, 5) is 14.2. The van der Waals surface area contributed by atoms with Crippen molar-refractivity contribution in [2.75, 3.05) is 40.5 Å². The van der Waals surface area contributed by atoms with E-state index in [0.717, 1.165) is 12.0 Å². The zero-order valence-electron chi connectivity index (χ0n) is 12.4. The minimum absolute atomic E-state index is 0.00904. The van der Waals surface area contributed by atoms with E-state index >= 15 is 0 Å². The van der Waals surface area contributed by atoms with E-state index in [-0.39, 0.29) is 11.7 Å². The zero-order valence-corrected chi connectivity index (χ0v) is 12.4. The fraction of sp³-hybridized carbons (Fsp3) is 0.533. The lowest BCUT2D eigenvalue weighted by Gasteiger charge is -2.23. The van der Waals surface area contributed by atoms with Crippen molar-refractivity contribution < 1.29 is 19.4 Å². The predicted octanol–water partition coefficient (Wildman–Crippen LogP) is 1.83. The Bertz CT molecular complexity index is 434. The molecule has 1 rings (SSSR count). The number of benzene rings is 1. The fourth-order valence-electron chi connectivity index (χ4n) is 1.91. The maximum Gasteiger partial charge on any atom is 0.257 e. The van der Waals surface area contributed by atoms with E-state index in [1.807, 2.05) is 6.92 Å². The van der Waals surface area contributed by atoms with E-state index in [1.165, 1.54) is 0 Å². The van der Waals surface area contributed by atoms with Crippen LogP contribution in [0.3, 0.4) is 0 Å². The molecule has 1 aromatic rings. The van der Waals surface area contributed by atoms with Crippen LogP contribution in [0.25, 0.3) is 0 Å². The summed E-state index contributed by atoms with van der Waals surface area (Å²) in [5, 5.41) is 9.85. The molecule has 0 radical (unpaired) electrons. The first-order valence-corrected chi connectivity index (χ1v) is 6.67. The Hall–Kier alpha value is -1.59. The lowest BCUT2D eigenvalue weighted by atomic mass is 10.1. The second-order valence-corrected chi connectivity index (χ2v) is 4.65. The minimum Gasteiger partial charge on any atom is -0.507 e. The molecule has 0 heterocycles. The number of aryl methyl sites for hydroxylation is 1. The van der Waals surface area contributed by atoms with Gasteiger partial charge in [-0.1, -0.05) is 11.6 Å². The van der Waals surface area contributed by atoms with Crippen LogP contribution in [0, 0.1) is 6.92 Å². The number of nitrogens with zero attached hydrogens (tertiary/aromatic N) is 1. The maximum absolute atomic E-state index is 12.5. The van der Waals surface area contributed by atoms with Crippen LogP contribution in [0.2, 0.25) is 0 Å². The van der Waals surface area contributed by atoms with Crippen LogP contribution in [0.1, 0.15) is 22.3 Å². The van der Waals surface area contributed by atoms with Crippen LogP contribution < -0.4 is 0 Å². The van der Waals surface area contributed by atoms with E-state index in [9.17, 15) is 9.90 Å². The van der Waals surface area contributed by atoms with Crippen molar-refractivity contribution >= 4 is 5.91 Å². The maximum atomic E-state index is 12.5. The summed E-state index contributed by atoms with van der Waals surface area (Å²) >= 11 is 0. The number of phenols is 1. The van der Waals surface area contributed by atoms with E-state index in [1.54, 1.807) is 37.3 Å². The summed E-state index contributed by atoms with van der Waals surface area (Å²) < 4.78 is 10.0. The summed E-state index contributed by atoms with van der Waals surface area (Å²) in [7, 11) is 3.23. The van der Waals surface area contributed by atoms with E-state index in [4.69, 9.17) is 9.47 Å². The number of aromatic hydroxyl groups is 1. The Morgan fingerprint density at radius 2 is 1.90 bits per heavy atom. The van der Waals surface area contributed by atoms with Gasteiger partial charge in [-0.3, -0.25) is 4.79 Å². The molecule has 0 bridgehead atoms. The second kappa shape index (κ2) is 8.55. The van der Waals surface area contributed by atoms with Crippen molar-refractivity contribution in [3.63, 3.8) is 0 Å². The molecule has 1 aromatic carbocycles.